The van der Waals surface area contributed by atoms with E-state index in [0.29, 0.717) is 6.61 Å². The maximum atomic E-state index is 12.4. The van der Waals surface area contributed by atoms with Crippen molar-refractivity contribution in [2.24, 2.45) is 0 Å². The lowest BCUT2D eigenvalue weighted by Gasteiger charge is -2.21. The number of rotatable bonds is 5. The van der Waals surface area contributed by atoms with Crippen LogP contribution in [0.3, 0.4) is 0 Å². The van der Waals surface area contributed by atoms with E-state index in [4.69, 9.17) is 4.74 Å². The minimum Gasteiger partial charge on any atom is -0.465 e. The van der Waals surface area contributed by atoms with E-state index in [1.165, 1.54) is 47.7 Å². The number of carbonyl (C=O) groups excluding carboxylic acids is 1. The van der Waals surface area contributed by atoms with Gasteiger partial charge in [-0.15, -0.1) is 11.3 Å². The van der Waals surface area contributed by atoms with Crippen LogP contribution in [0.5, 0.6) is 0 Å². The molecular weight excluding hydrogens is 388 g/mol. The summed E-state index contributed by atoms with van der Waals surface area (Å²) >= 11 is 3.07. The highest BCUT2D eigenvalue weighted by Gasteiger charge is 2.32. The number of carbonyl (C=O) groups is 1. The minimum atomic E-state index is -0.716. The van der Waals surface area contributed by atoms with E-state index in [2.05, 4.69) is 33.5 Å². The Balaban J connectivity index is 1.76. The van der Waals surface area contributed by atoms with E-state index >= 15 is 0 Å². The predicted molar refractivity (Wildman–Crippen MR) is 116 cm³/mol. The first kappa shape index (κ1) is 19.4. The summed E-state index contributed by atoms with van der Waals surface area (Å²) in [4.78, 5) is 22.3. The number of hydrogen-bond acceptors (Lipinski definition) is 6. The number of thiophene rings is 1. The lowest BCUT2D eigenvalue weighted by molar-refractivity contribution is -0.145. The quantitative estimate of drug-likeness (QED) is 0.307. The third-order valence-corrected chi connectivity index (χ3v) is 7.18. The van der Waals surface area contributed by atoms with Gasteiger partial charge >= 0.3 is 5.97 Å². The third-order valence-electron chi connectivity index (χ3n) is 5.11. The van der Waals surface area contributed by atoms with Crippen LogP contribution in [-0.4, -0.2) is 27.3 Å². The fourth-order valence-corrected chi connectivity index (χ4v) is 5.64. The Hall–Kier alpha value is -1.92. The number of thioether (sulfide) groups is 1. The summed E-state index contributed by atoms with van der Waals surface area (Å²) in [5, 5.41) is 4.02. The SMILES string of the molecule is CCOC(=O)C(C)(C)Sc1ncnc2scc(-c3ccc4c(c3)CCCC4)c12. The summed E-state index contributed by atoms with van der Waals surface area (Å²) < 4.78 is 4.53. The van der Waals surface area contributed by atoms with Crippen LogP contribution in [0.4, 0.5) is 0 Å². The number of benzene rings is 1. The van der Waals surface area contributed by atoms with Crippen LogP contribution in [0.15, 0.2) is 34.9 Å². The fraction of sp³-hybridized carbons (Fsp3) is 0.409. The number of ether oxygens (including phenoxy) is 1. The van der Waals surface area contributed by atoms with E-state index in [1.54, 1.807) is 17.7 Å². The van der Waals surface area contributed by atoms with Crippen molar-refractivity contribution in [3.63, 3.8) is 0 Å². The molecule has 0 fully saturated rings. The van der Waals surface area contributed by atoms with Crippen molar-refractivity contribution in [1.29, 1.82) is 0 Å². The van der Waals surface area contributed by atoms with Crippen LogP contribution in [0.2, 0.25) is 0 Å². The zero-order valence-corrected chi connectivity index (χ0v) is 18.1. The van der Waals surface area contributed by atoms with Crippen molar-refractivity contribution in [3.05, 3.63) is 41.0 Å². The molecule has 2 heterocycles. The van der Waals surface area contributed by atoms with Crippen LogP contribution in [0, 0.1) is 0 Å². The van der Waals surface area contributed by atoms with Gasteiger partial charge in [0.05, 0.1) is 12.0 Å². The van der Waals surface area contributed by atoms with Crippen LogP contribution in [0.1, 0.15) is 44.7 Å². The molecule has 0 radical (unpaired) electrons. The molecule has 146 valence electrons. The van der Waals surface area contributed by atoms with Gasteiger partial charge in [-0.1, -0.05) is 30.0 Å². The smallest absolute Gasteiger partial charge is 0.322 e. The maximum Gasteiger partial charge on any atom is 0.322 e. The Bertz CT molecular complexity index is 1030. The molecule has 1 aliphatic rings. The Labute approximate surface area is 173 Å². The molecule has 0 N–H and O–H groups in total. The van der Waals surface area contributed by atoms with Gasteiger partial charge in [-0.05, 0) is 63.1 Å². The highest BCUT2D eigenvalue weighted by molar-refractivity contribution is 8.01. The fourth-order valence-electron chi connectivity index (χ4n) is 3.63. The van der Waals surface area contributed by atoms with Gasteiger partial charge in [0, 0.05) is 10.9 Å². The molecule has 1 aliphatic carbocycles. The van der Waals surface area contributed by atoms with Gasteiger partial charge in [0.2, 0.25) is 0 Å². The lowest BCUT2D eigenvalue weighted by Crippen LogP contribution is -2.30. The molecule has 6 heteroatoms. The first-order valence-corrected chi connectivity index (χ1v) is 11.4. The molecule has 0 saturated heterocycles. The molecule has 1 aromatic carbocycles. The number of hydrogen-bond donors (Lipinski definition) is 0. The lowest BCUT2D eigenvalue weighted by atomic mass is 9.89. The number of aryl methyl sites for hydroxylation is 2. The van der Waals surface area contributed by atoms with Gasteiger partial charge in [0.25, 0.3) is 0 Å². The summed E-state index contributed by atoms with van der Waals surface area (Å²) in [6.07, 6.45) is 6.46. The van der Waals surface area contributed by atoms with Crippen molar-refractivity contribution in [1.82, 2.24) is 9.97 Å². The van der Waals surface area contributed by atoms with E-state index in [1.807, 2.05) is 20.8 Å². The maximum absolute atomic E-state index is 12.4. The van der Waals surface area contributed by atoms with Crippen LogP contribution >= 0.6 is 23.1 Å². The largest absolute Gasteiger partial charge is 0.465 e. The molecule has 0 aliphatic heterocycles. The van der Waals surface area contributed by atoms with Crippen LogP contribution in [0.25, 0.3) is 21.3 Å². The molecule has 2 aromatic heterocycles. The van der Waals surface area contributed by atoms with Crippen LogP contribution < -0.4 is 0 Å². The standard InChI is InChI=1S/C22H24N2O2S2/c1-4-26-21(25)22(2,3)28-20-18-17(12-27-19(18)23-13-24-20)16-10-9-14-7-5-6-8-15(14)11-16/h9-13H,4-8H2,1-3H3. The van der Waals surface area contributed by atoms with E-state index in [-0.39, 0.29) is 5.97 Å². The molecule has 4 rings (SSSR count). The third kappa shape index (κ3) is 3.67. The Kier molecular flexibility index (Phi) is 5.43. The monoisotopic (exact) mass is 412 g/mol. The van der Waals surface area contributed by atoms with Gasteiger partial charge in [0.15, 0.2) is 0 Å². The van der Waals surface area contributed by atoms with E-state index < -0.39 is 4.75 Å². The average Bonchev–Trinajstić information content (AvgIpc) is 3.13. The summed E-state index contributed by atoms with van der Waals surface area (Å²) in [5.41, 5.74) is 5.29. The van der Waals surface area contributed by atoms with Crippen molar-refractivity contribution < 1.29 is 9.53 Å². The van der Waals surface area contributed by atoms with Crippen molar-refractivity contribution in [3.8, 4) is 11.1 Å². The highest BCUT2D eigenvalue weighted by Crippen LogP contribution is 2.42. The zero-order chi connectivity index (χ0) is 19.7. The zero-order valence-electron chi connectivity index (χ0n) is 16.4. The molecule has 0 unspecified atom stereocenters. The minimum absolute atomic E-state index is 0.225. The van der Waals surface area contributed by atoms with E-state index in [9.17, 15) is 4.79 Å². The Morgan fingerprint density at radius 2 is 2.00 bits per heavy atom. The average molecular weight is 413 g/mol. The first-order chi connectivity index (χ1) is 13.5. The molecule has 0 saturated carbocycles. The topological polar surface area (TPSA) is 52.1 Å². The van der Waals surface area contributed by atoms with Crippen molar-refractivity contribution in [2.45, 2.75) is 56.2 Å². The number of esters is 1. The summed E-state index contributed by atoms with van der Waals surface area (Å²) in [6, 6.07) is 6.81. The van der Waals surface area contributed by atoms with E-state index in [0.717, 1.165) is 27.2 Å². The Morgan fingerprint density at radius 3 is 2.79 bits per heavy atom. The molecule has 0 amide bonds. The molecule has 28 heavy (non-hydrogen) atoms. The second kappa shape index (κ2) is 7.84. The van der Waals surface area contributed by atoms with Crippen LogP contribution in [-0.2, 0) is 22.4 Å². The summed E-state index contributed by atoms with van der Waals surface area (Å²) in [7, 11) is 0. The van der Waals surface area contributed by atoms with Gasteiger partial charge < -0.3 is 4.74 Å². The highest BCUT2D eigenvalue weighted by atomic mass is 32.2. The molecule has 0 spiro atoms. The second-order valence-electron chi connectivity index (χ2n) is 7.53. The van der Waals surface area contributed by atoms with Crippen molar-refractivity contribution >= 4 is 39.3 Å². The van der Waals surface area contributed by atoms with Gasteiger partial charge in [0.1, 0.15) is 20.9 Å². The Morgan fingerprint density at radius 1 is 1.21 bits per heavy atom. The second-order valence-corrected chi connectivity index (χ2v) is 10.0. The molecule has 0 bridgehead atoms. The number of nitrogens with zero attached hydrogens (tertiary/aromatic N) is 2. The van der Waals surface area contributed by atoms with Gasteiger partial charge in [-0.2, -0.15) is 0 Å². The number of fused-ring (bicyclic) bond motifs is 2. The summed E-state index contributed by atoms with van der Waals surface area (Å²) in [5.74, 6) is -0.225. The van der Waals surface area contributed by atoms with Gasteiger partial charge in [-0.25, -0.2) is 9.97 Å². The molecule has 3 aromatic rings. The first-order valence-electron chi connectivity index (χ1n) is 9.70. The normalized spacial score (nSPS) is 14.1. The molecule has 0 atom stereocenters. The van der Waals surface area contributed by atoms with Crippen molar-refractivity contribution in [2.75, 3.05) is 6.61 Å². The molecular formula is C22H24N2O2S2. The molecule has 4 nitrogen and oxygen atoms in total. The van der Waals surface area contributed by atoms with Gasteiger partial charge in [-0.3, -0.25) is 4.79 Å². The number of aromatic nitrogens is 2. The predicted octanol–water partition coefficient (Wildman–Crippen LogP) is 5.67. The summed E-state index contributed by atoms with van der Waals surface area (Å²) in [6.45, 7) is 5.97.